The summed E-state index contributed by atoms with van der Waals surface area (Å²) in [7, 11) is 0. The van der Waals surface area contributed by atoms with Gasteiger partial charge in [-0.05, 0) is 38.4 Å². The quantitative estimate of drug-likeness (QED) is 0.813. The molecule has 5 heteroatoms. The van der Waals surface area contributed by atoms with Gasteiger partial charge in [0.05, 0.1) is 18.3 Å². The first kappa shape index (κ1) is 14.7. The van der Waals surface area contributed by atoms with Gasteiger partial charge in [-0.25, -0.2) is 0 Å². The molecule has 0 unspecified atom stereocenters. The molecule has 20 heavy (non-hydrogen) atoms. The Hall–Kier alpha value is -1.72. The first-order chi connectivity index (χ1) is 9.56. The van der Waals surface area contributed by atoms with E-state index in [9.17, 15) is 14.7 Å². The van der Waals surface area contributed by atoms with Gasteiger partial charge in [-0.1, -0.05) is 12.1 Å². The van der Waals surface area contributed by atoms with Crippen molar-refractivity contribution in [1.82, 2.24) is 4.90 Å². The highest BCUT2D eigenvalue weighted by Crippen LogP contribution is 2.16. The zero-order chi connectivity index (χ0) is 14.5. The minimum Gasteiger partial charge on any atom is -0.392 e. The number of Topliss-reactive ketones (excluding diaryl/α,β-unsaturated/α-hetero) is 1. The summed E-state index contributed by atoms with van der Waals surface area (Å²) in [6.07, 6.45) is 1.35. The predicted octanol–water partition coefficient (Wildman–Crippen LogP) is 1.28. The summed E-state index contributed by atoms with van der Waals surface area (Å²) < 4.78 is 0. The van der Waals surface area contributed by atoms with Crippen LogP contribution in [-0.2, 0) is 4.79 Å². The average Bonchev–Trinajstić information content (AvgIpc) is 2.38. The third kappa shape index (κ3) is 3.88. The first-order valence-electron chi connectivity index (χ1n) is 6.86. The molecule has 0 saturated carbocycles. The molecule has 0 radical (unpaired) electrons. The number of para-hydroxylation sites is 1. The topological polar surface area (TPSA) is 69.6 Å². The van der Waals surface area contributed by atoms with Gasteiger partial charge in [0.15, 0.2) is 5.78 Å². The van der Waals surface area contributed by atoms with Crippen molar-refractivity contribution in [3.63, 3.8) is 0 Å². The van der Waals surface area contributed by atoms with E-state index < -0.39 is 0 Å². The minimum atomic E-state index is -0.346. The highest BCUT2D eigenvalue weighted by molar-refractivity contribution is 6.04. The number of hydrogen-bond acceptors (Lipinski definition) is 4. The lowest BCUT2D eigenvalue weighted by Crippen LogP contribution is -2.42. The zero-order valence-electron chi connectivity index (χ0n) is 11.6. The van der Waals surface area contributed by atoms with Crippen molar-refractivity contribution < 1.29 is 14.7 Å². The maximum absolute atomic E-state index is 12.0. The Bertz CT molecular complexity index is 502. The van der Waals surface area contributed by atoms with Crippen LogP contribution in [0.2, 0.25) is 0 Å². The Morgan fingerprint density at radius 3 is 2.85 bits per heavy atom. The second-order valence-corrected chi connectivity index (χ2v) is 5.18. The lowest BCUT2D eigenvalue weighted by molar-refractivity contribution is -0.118. The molecule has 1 aliphatic rings. The molecule has 0 aliphatic carbocycles. The molecule has 1 amide bonds. The van der Waals surface area contributed by atoms with Gasteiger partial charge >= 0.3 is 0 Å². The van der Waals surface area contributed by atoms with Gasteiger partial charge in [-0.3, -0.25) is 14.5 Å². The highest BCUT2D eigenvalue weighted by atomic mass is 16.3. The maximum Gasteiger partial charge on any atom is 0.238 e. The molecular formula is C15H20N2O3. The fourth-order valence-electron chi connectivity index (χ4n) is 2.47. The van der Waals surface area contributed by atoms with Crippen LogP contribution in [0.25, 0.3) is 0 Å². The van der Waals surface area contributed by atoms with Gasteiger partial charge in [0, 0.05) is 12.1 Å². The number of β-amino-alcohol motifs (C(OH)–C–C–N with tert-alkyl or cyclic N) is 1. The second-order valence-electron chi connectivity index (χ2n) is 5.18. The minimum absolute atomic E-state index is 0.0747. The average molecular weight is 276 g/mol. The summed E-state index contributed by atoms with van der Waals surface area (Å²) in [6, 6.07) is 6.97. The van der Waals surface area contributed by atoms with Gasteiger partial charge < -0.3 is 10.4 Å². The van der Waals surface area contributed by atoms with Crippen LogP contribution < -0.4 is 5.32 Å². The Morgan fingerprint density at radius 1 is 1.40 bits per heavy atom. The molecule has 1 atom stereocenters. The Labute approximate surface area is 118 Å². The number of rotatable bonds is 4. The van der Waals surface area contributed by atoms with E-state index in [1.54, 1.807) is 24.3 Å². The highest BCUT2D eigenvalue weighted by Gasteiger charge is 2.20. The van der Waals surface area contributed by atoms with Crippen molar-refractivity contribution in [2.24, 2.45) is 0 Å². The third-order valence-electron chi connectivity index (χ3n) is 3.43. The molecule has 1 fully saturated rings. The fraction of sp³-hybridized carbons (Fsp3) is 0.467. The summed E-state index contributed by atoms with van der Waals surface area (Å²) in [5.74, 6) is -0.234. The van der Waals surface area contributed by atoms with Crippen LogP contribution in [0.15, 0.2) is 24.3 Å². The number of nitrogens with zero attached hydrogens (tertiary/aromatic N) is 1. The second kappa shape index (κ2) is 6.63. The van der Waals surface area contributed by atoms with Crippen LogP contribution in [0.1, 0.15) is 30.1 Å². The predicted molar refractivity (Wildman–Crippen MR) is 76.8 cm³/mol. The molecule has 0 bridgehead atoms. The number of hydrogen-bond donors (Lipinski definition) is 2. The monoisotopic (exact) mass is 276 g/mol. The molecule has 1 aromatic carbocycles. The van der Waals surface area contributed by atoms with Crippen LogP contribution in [0, 0.1) is 0 Å². The van der Waals surface area contributed by atoms with E-state index >= 15 is 0 Å². The van der Waals surface area contributed by atoms with Crippen molar-refractivity contribution in [3.05, 3.63) is 29.8 Å². The smallest absolute Gasteiger partial charge is 0.238 e. The number of benzene rings is 1. The van der Waals surface area contributed by atoms with E-state index in [0.717, 1.165) is 19.4 Å². The van der Waals surface area contributed by atoms with Gasteiger partial charge in [0.25, 0.3) is 0 Å². The maximum atomic E-state index is 12.0. The van der Waals surface area contributed by atoms with Gasteiger partial charge in [0.1, 0.15) is 0 Å². The molecular weight excluding hydrogens is 256 g/mol. The molecule has 0 aromatic heterocycles. The number of anilines is 1. The van der Waals surface area contributed by atoms with Crippen LogP contribution in [0.5, 0.6) is 0 Å². The number of amides is 1. The van der Waals surface area contributed by atoms with E-state index in [1.807, 2.05) is 4.90 Å². The van der Waals surface area contributed by atoms with E-state index in [1.165, 1.54) is 6.92 Å². The summed E-state index contributed by atoms with van der Waals surface area (Å²) in [6.45, 7) is 3.07. The number of likely N-dealkylation sites (tertiary alicyclic amines) is 1. The summed E-state index contributed by atoms with van der Waals surface area (Å²) in [4.78, 5) is 25.4. The molecule has 108 valence electrons. The lowest BCUT2D eigenvalue weighted by Gasteiger charge is -2.29. The van der Waals surface area contributed by atoms with Gasteiger partial charge in [-0.2, -0.15) is 0 Å². The molecule has 2 N–H and O–H groups in total. The first-order valence-corrected chi connectivity index (χ1v) is 6.86. The van der Waals surface area contributed by atoms with E-state index in [-0.39, 0.29) is 24.3 Å². The van der Waals surface area contributed by atoms with Crippen molar-refractivity contribution in [2.75, 3.05) is 25.0 Å². The molecule has 0 spiro atoms. The number of carbonyl (C=O) groups is 2. The molecule has 5 nitrogen and oxygen atoms in total. The summed E-state index contributed by atoms with van der Waals surface area (Å²) >= 11 is 0. The van der Waals surface area contributed by atoms with Crippen LogP contribution in [0.4, 0.5) is 5.69 Å². The van der Waals surface area contributed by atoms with E-state index in [2.05, 4.69) is 5.32 Å². The number of ketones is 1. The number of aliphatic hydroxyl groups excluding tert-OH is 1. The lowest BCUT2D eigenvalue weighted by atomic mass is 10.1. The SMILES string of the molecule is CC(=O)c1ccccc1NC(=O)CN1CCC[C@H](O)C1. The summed E-state index contributed by atoms with van der Waals surface area (Å²) in [5, 5.41) is 12.4. The van der Waals surface area contributed by atoms with Crippen molar-refractivity contribution in [3.8, 4) is 0 Å². The Morgan fingerprint density at radius 2 is 2.15 bits per heavy atom. The number of carbonyl (C=O) groups excluding carboxylic acids is 2. The number of aliphatic hydroxyl groups is 1. The van der Waals surface area contributed by atoms with Gasteiger partial charge in [0.2, 0.25) is 5.91 Å². The van der Waals surface area contributed by atoms with Crippen LogP contribution >= 0.6 is 0 Å². The molecule has 1 heterocycles. The number of nitrogens with one attached hydrogen (secondary N) is 1. The van der Waals surface area contributed by atoms with Crippen LogP contribution in [0.3, 0.4) is 0 Å². The van der Waals surface area contributed by atoms with E-state index in [0.29, 0.717) is 17.8 Å². The third-order valence-corrected chi connectivity index (χ3v) is 3.43. The fourth-order valence-corrected chi connectivity index (χ4v) is 2.47. The van der Waals surface area contributed by atoms with Crippen molar-refractivity contribution >= 4 is 17.4 Å². The summed E-state index contributed by atoms with van der Waals surface area (Å²) in [5.41, 5.74) is 1.06. The number of piperidine rings is 1. The normalized spacial score (nSPS) is 19.6. The Kier molecular flexibility index (Phi) is 4.87. The standard InChI is InChI=1S/C15H20N2O3/c1-11(18)13-6-2-3-7-14(13)16-15(20)10-17-8-4-5-12(19)9-17/h2-3,6-7,12,19H,4-5,8-10H2,1H3,(H,16,20)/t12-/m0/s1. The van der Waals surface area contributed by atoms with Crippen molar-refractivity contribution in [2.45, 2.75) is 25.9 Å². The van der Waals surface area contributed by atoms with E-state index in [4.69, 9.17) is 0 Å². The van der Waals surface area contributed by atoms with Crippen LogP contribution in [-0.4, -0.2) is 47.4 Å². The molecule has 1 aromatic rings. The molecule has 2 rings (SSSR count). The van der Waals surface area contributed by atoms with Gasteiger partial charge in [-0.15, -0.1) is 0 Å². The van der Waals surface area contributed by atoms with Crippen molar-refractivity contribution in [1.29, 1.82) is 0 Å². The zero-order valence-corrected chi connectivity index (χ0v) is 11.6. The molecule has 1 aliphatic heterocycles. The molecule has 1 saturated heterocycles. The largest absolute Gasteiger partial charge is 0.392 e. The Balaban J connectivity index is 1.96.